The first-order valence-corrected chi connectivity index (χ1v) is 7.99. The van der Waals surface area contributed by atoms with Crippen LogP contribution in [0.4, 0.5) is 5.69 Å². The van der Waals surface area contributed by atoms with Gasteiger partial charge < -0.3 is 10.0 Å². The minimum atomic E-state index is -1.16. The van der Waals surface area contributed by atoms with Gasteiger partial charge in [-0.15, -0.1) is 0 Å². The van der Waals surface area contributed by atoms with E-state index in [1.54, 1.807) is 0 Å². The molecular weight excluding hydrogens is 292 g/mol. The van der Waals surface area contributed by atoms with Crippen molar-refractivity contribution in [3.05, 3.63) is 28.8 Å². The van der Waals surface area contributed by atoms with E-state index in [2.05, 4.69) is 4.90 Å². The molecule has 126 valence electrons. The largest absolute Gasteiger partial charge is 0.479 e. The van der Waals surface area contributed by atoms with Crippen molar-refractivity contribution in [1.82, 2.24) is 4.90 Å². The molecule has 1 aromatic carbocycles. The number of piperidine rings is 1. The lowest BCUT2D eigenvalue weighted by molar-refractivity contribution is -0.147. The number of aryl methyl sites for hydroxylation is 3. The van der Waals surface area contributed by atoms with Gasteiger partial charge >= 0.3 is 5.97 Å². The van der Waals surface area contributed by atoms with E-state index in [4.69, 9.17) is 0 Å². The van der Waals surface area contributed by atoms with Gasteiger partial charge in [0.25, 0.3) is 0 Å². The van der Waals surface area contributed by atoms with Gasteiger partial charge in [-0.05, 0) is 51.8 Å². The molecule has 0 saturated carbocycles. The molecule has 0 aromatic heterocycles. The highest BCUT2D eigenvalue weighted by Gasteiger charge is 2.48. The molecule has 1 saturated heterocycles. The van der Waals surface area contributed by atoms with E-state index >= 15 is 0 Å². The van der Waals surface area contributed by atoms with Gasteiger partial charge in [0.1, 0.15) is 5.54 Å². The van der Waals surface area contributed by atoms with Crippen LogP contribution in [0.2, 0.25) is 0 Å². The number of anilines is 1. The van der Waals surface area contributed by atoms with Crippen LogP contribution in [-0.2, 0) is 9.59 Å². The quantitative estimate of drug-likeness (QED) is 0.930. The van der Waals surface area contributed by atoms with Gasteiger partial charge in [-0.2, -0.15) is 0 Å². The Hall–Kier alpha value is -1.88. The van der Waals surface area contributed by atoms with E-state index in [1.165, 1.54) is 11.8 Å². The first kappa shape index (κ1) is 17.5. The molecule has 23 heavy (non-hydrogen) atoms. The molecule has 0 spiro atoms. The highest BCUT2D eigenvalue weighted by molar-refractivity contribution is 6.01. The Morgan fingerprint density at radius 2 is 1.61 bits per heavy atom. The number of rotatable bonds is 3. The van der Waals surface area contributed by atoms with Crippen molar-refractivity contribution in [2.45, 2.75) is 46.1 Å². The Kier molecular flexibility index (Phi) is 4.80. The van der Waals surface area contributed by atoms with E-state index < -0.39 is 11.5 Å². The van der Waals surface area contributed by atoms with Crippen LogP contribution in [0.15, 0.2) is 12.1 Å². The van der Waals surface area contributed by atoms with Crippen LogP contribution in [0.1, 0.15) is 36.5 Å². The van der Waals surface area contributed by atoms with Crippen LogP contribution in [-0.4, -0.2) is 47.6 Å². The Morgan fingerprint density at radius 3 is 2.00 bits per heavy atom. The second-order valence-electron chi connectivity index (χ2n) is 6.74. The lowest BCUT2D eigenvalue weighted by Crippen LogP contribution is -2.62. The van der Waals surface area contributed by atoms with Gasteiger partial charge in [0.05, 0.1) is 5.69 Å². The van der Waals surface area contributed by atoms with Crippen molar-refractivity contribution in [1.29, 1.82) is 0 Å². The third-order valence-corrected chi connectivity index (χ3v) is 4.81. The molecule has 1 aromatic rings. The number of carboxylic acid groups (broad SMARTS) is 1. The zero-order chi connectivity index (χ0) is 17.4. The fraction of sp³-hybridized carbons (Fsp3) is 0.556. The van der Waals surface area contributed by atoms with Gasteiger partial charge in [0.15, 0.2) is 0 Å². The highest BCUT2D eigenvalue weighted by atomic mass is 16.4. The van der Waals surface area contributed by atoms with Crippen LogP contribution in [0, 0.1) is 20.8 Å². The van der Waals surface area contributed by atoms with Gasteiger partial charge in [-0.3, -0.25) is 9.69 Å². The van der Waals surface area contributed by atoms with Gasteiger partial charge in [-0.1, -0.05) is 17.7 Å². The summed E-state index contributed by atoms with van der Waals surface area (Å²) in [7, 11) is 1.98. The van der Waals surface area contributed by atoms with Crippen molar-refractivity contribution in [3.8, 4) is 0 Å². The third-order valence-electron chi connectivity index (χ3n) is 4.81. The van der Waals surface area contributed by atoms with E-state index in [-0.39, 0.29) is 5.91 Å². The summed E-state index contributed by atoms with van der Waals surface area (Å²) in [5.41, 5.74) is 2.58. The number of hydrogen-bond donors (Lipinski definition) is 1. The summed E-state index contributed by atoms with van der Waals surface area (Å²) < 4.78 is 0. The van der Waals surface area contributed by atoms with Gasteiger partial charge in [0.2, 0.25) is 5.91 Å². The predicted molar refractivity (Wildman–Crippen MR) is 90.9 cm³/mol. The summed E-state index contributed by atoms with van der Waals surface area (Å²) in [5.74, 6) is -1.13. The number of carbonyl (C=O) groups excluding carboxylic acids is 1. The minimum Gasteiger partial charge on any atom is -0.479 e. The highest BCUT2D eigenvalue weighted by Crippen LogP contribution is 2.37. The van der Waals surface area contributed by atoms with E-state index in [0.29, 0.717) is 25.9 Å². The van der Waals surface area contributed by atoms with Crippen molar-refractivity contribution in [2.75, 3.05) is 25.0 Å². The maximum atomic E-state index is 12.5. The zero-order valence-corrected chi connectivity index (χ0v) is 14.6. The van der Waals surface area contributed by atoms with Crippen LogP contribution in [0.5, 0.6) is 0 Å². The molecule has 1 fully saturated rings. The smallest absolute Gasteiger partial charge is 0.330 e. The van der Waals surface area contributed by atoms with Crippen molar-refractivity contribution in [2.24, 2.45) is 0 Å². The first-order chi connectivity index (χ1) is 10.7. The number of likely N-dealkylation sites (tertiary alicyclic amines) is 1. The molecule has 1 aliphatic rings. The summed E-state index contributed by atoms with van der Waals surface area (Å²) in [5, 5.41) is 9.98. The lowest BCUT2D eigenvalue weighted by atomic mass is 9.84. The summed E-state index contributed by atoms with van der Waals surface area (Å²) in [6.45, 7) is 8.68. The molecule has 2 rings (SSSR count). The van der Waals surface area contributed by atoms with E-state index in [0.717, 1.165) is 22.4 Å². The monoisotopic (exact) mass is 318 g/mol. The number of nitrogens with zero attached hydrogens (tertiary/aromatic N) is 2. The fourth-order valence-electron chi connectivity index (χ4n) is 3.72. The van der Waals surface area contributed by atoms with E-state index in [9.17, 15) is 14.7 Å². The molecule has 1 N–H and O–H groups in total. The van der Waals surface area contributed by atoms with Crippen LogP contribution in [0.3, 0.4) is 0 Å². The van der Waals surface area contributed by atoms with Gasteiger partial charge in [-0.25, -0.2) is 4.79 Å². The first-order valence-electron chi connectivity index (χ1n) is 7.99. The van der Waals surface area contributed by atoms with Crippen LogP contribution in [0.25, 0.3) is 0 Å². The van der Waals surface area contributed by atoms with Crippen LogP contribution < -0.4 is 4.90 Å². The lowest BCUT2D eigenvalue weighted by Gasteiger charge is -2.45. The topological polar surface area (TPSA) is 60.9 Å². The number of carboxylic acids is 1. The SMILES string of the molecule is CC(=O)N(c1c(C)cc(C)cc1C)C1(C(=O)O)CCN(C)CC1. The average Bonchev–Trinajstić information content (AvgIpc) is 2.43. The fourth-order valence-corrected chi connectivity index (χ4v) is 3.72. The Balaban J connectivity index is 2.62. The number of amides is 1. The summed E-state index contributed by atoms with van der Waals surface area (Å²) in [6.07, 6.45) is 0.871. The average molecular weight is 318 g/mol. The van der Waals surface area contributed by atoms with Gasteiger partial charge in [0, 0.05) is 20.0 Å². The Bertz CT molecular complexity index is 608. The van der Waals surface area contributed by atoms with Crippen molar-refractivity contribution >= 4 is 17.6 Å². The standard InChI is InChI=1S/C18H26N2O3/c1-12-10-13(2)16(14(3)11-12)20(15(4)21)18(17(22)23)6-8-19(5)9-7-18/h10-11H,6-9H2,1-5H3,(H,22,23). The molecule has 1 aliphatic heterocycles. The molecule has 0 bridgehead atoms. The zero-order valence-electron chi connectivity index (χ0n) is 14.6. The summed E-state index contributed by atoms with van der Waals surface area (Å²) in [4.78, 5) is 28.3. The summed E-state index contributed by atoms with van der Waals surface area (Å²) >= 11 is 0. The molecule has 5 nitrogen and oxygen atoms in total. The minimum absolute atomic E-state index is 0.216. The van der Waals surface area contributed by atoms with Crippen LogP contribution >= 0.6 is 0 Å². The molecule has 0 atom stereocenters. The molecule has 5 heteroatoms. The predicted octanol–water partition coefficient (Wildman–Crippen LogP) is 2.51. The second-order valence-corrected chi connectivity index (χ2v) is 6.74. The van der Waals surface area contributed by atoms with E-state index in [1.807, 2.05) is 40.0 Å². The normalized spacial score (nSPS) is 17.8. The molecule has 0 aliphatic carbocycles. The molecule has 0 unspecified atom stereocenters. The molecule has 0 radical (unpaired) electrons. The number of aliphatic carboxylic acids is 1. The second kappa shape index (κ2) is 6.32. The Morgan fingerprint density at radius 1 is 1.13 bits per heavy atom. The number of carbonyl (C=O) groups is 2. The molecule has 1 heterocycles. The molecule has 1 amide bonds. The van der Waals surface area contributed by atoms with Crippen molar-refractivity contribution in [3.63, 3.8) is 0 Å². The number of benzene rings is 1. The number of hydrogen-bond acceptors (Lipinski definition) is 3. The maximum Gasteiger partial charge on any atom is 0.330 e. The Labute approximate surface area is 137 Å². The van der Waals surface area contributed by atoms with Crippen molar-refractivity contribution < 1.29 is 14.7 Å². The maximum absolute atomic E-state index is 12.5. The summed E-state index contributed by atoms with van der Waals surface area (Å²) in [6, 6.07) is 4.01. The molecular formula is C18H26N2O3. The third kappa shape index (κ3) is 3.11.